The van der Waals surface area contributed by atoms with E-state index in [1.165, 1.54) is 0 Å². The lowest BCUT2D eigenvalue weighted by atomic mass is 9.95. The molecule has 0 spiro atoms. The number of aromatic amines is 1. The summed E-state index contributed by atoms with van der Waals surface area (Å²) in [5.74, 6) is -3.37. The van der Waals surface area contributed by atoms with Gasteiger partial charge in [-0.05, 0) is 36.8 Å². The Morgan fingerprint density at radius 1 is 0.897 bits per heavy atom. The number of benzene rings is 2. The number of nitrogens with one attached hydrogen (secondary N) is 1. The van der Waals surface area contributed by atoms with E-state index in [2.05, 4.69) is 4.98 Å². The van der Waals surface area contributed by atoms with Gasteiger partial charge in [0.2, 0.25) is 0 Å². The van der Waals surface area contributed by atoms with Gasteiger partial charge in [0.15, 0.2) is 0 Å². The van der Waals surface area contributed by atoms with Crippen molar-refractivity contribution in [1.29, 1.82) is 0 Å². The van der Waals surface area contributed by atoms with Crippen LogP contribution < -0.4 is 16.2 Å². The minimum Gasteiger partial charge on any atom is -0.478 e. The molecule has 3 rings (SSSR count). The SMILES string of the molecule is Cc1ccc(N(C)c2ccc(-c3c(C(=O)O)c(N)[nH]c(=O)c3C(=O)O)cc2)cc1. The summed E-state index contributed by atoms with van der Waals surface area (Å²) in [5.41, 5.74) is 6.48. The molecular weight excluding hydrogens is 374 g/mol. The molecule has 29 heavy (non-hydrogen) atoms. The number of anilines is 3. The molecule has 0 unspecified atom stereocenters. The minimum atomic E-state index is -1.54. The Labute approximate surface area is 165 Å². The van der Waals surface area contributed by atoms with E-state index in [1.54, 1.807) is 24.3 Å². The molecule has 8 nitrogen and oxygen atoms in total. The molecule has 0 radical (unpaired) electrons. The molecule has 0 bridgehead atoms. The average Bonchev–Trinajstić information content (AvgIpc) is 2.67. The molecular formula is C21H19N3O5. The van der Waals surface area contributed by atoms with Crippen molar-refractivity contribution in [2.75, 3.05) is 17.7 Å². The maximum atomic E-state index is 12.1. The second-order valence-corrected chi connectivity index (χ2v) is 6.54. The van der Waals surface area contributed by atoms with Crippen LogP contribution in [0.15, 0.2) is 53.3 Å². The van der Waals surface area contributed by atoms with E-state index in [0.717, 1.165) is 16.9 Å². The molecule has 148 valence electrons. The van der Waals surface area contributed by atoms with E-state index in [4.69, 9.17) is 5.73 Å². The lowest BCUT2D eigenvalue weighted by Crippen LogP contribution is -2.24. The van der Waals surface area contributed by atoms with Crippen LogP contribution in [-0.2, 0) is 0 Å². The lowest BCUT2D eigenvalue weighted by molar-refractivity contribution is 0.0695. The van der Waals surface area contributed by atoms with Crippen LogP contribution in [0.2, 0.25) is 0 Å². The summed E-state index contributed by atoms with van der Waals surface area (Å²) >= 11 is 0. The summed E-state index contributed by atoms with van der Waals surface area (Å²) in [7, 11) is 1.87. The number of carboxylic acid groups (broad SMARTS) is 2. The van der Waals surface area contributed by atoms with Crippen molar-refractivity contribution in [3.8, 4) is 11.1 Å². The van der Waals surface area contributed by atoms with Gasteiger partial charge in [-0.1, -0.05) is 29.8 Å². The Bertz CT molecular complexity index is 1150. The summed E-state index contributed by atoms with van der Waals surface area (Å²) < 4.78 is 0. The lowest BCUT2D eigenvalue weighted by Gasteiger charge is -2.20. The van der Waals surface area contributed by atoms with Crippen molar-refractivity contribution < 1.29 is 19.8 Å². The molecule has 1 aromatic heterocycles. The topological polar surface area (TPSA) is 137 Å². The number of carbonyl (C=O) groups is 2. The Balaban J connectivity index is 2.13. The van der Waals surface area contributed by atoms with Crippen LogP contribution in [0, 0.1) is 6.92 Å². The van der Waals surface area contributed by atoms with Gasteiger partial charge >= 0.3 is 11.9 Å². The van der Waals surface area contributed by atoms with Gasteiger partial charge in [0.1, 0.15) is 16.9 Å². The second kappa shape index (κ2) is 7.51. The van der Waals surface area contributed by atoms with Crippen molar-refractivity contribution >= 4 is 29.1 Å². The van der Waals surface area contributed by atoms with Crippen molar-refractivity contribution in [2.45, 2.75) is 6.92 Å². The number of aryl methyl sites for hydroxylation is 1. The van der Waals surface area contributed by atoms with Gasteiger partial charge < -0.3 is 25.8 Å². The van der Waals surface area contributed by atoms with Gasteiger partial charge in [0.25, 0.3) is 5.56 Å². The molecule has 5 N–H and O–H groups in total. The molecule has 2 aromatic carbocycles. The molecule has 0 aliphatic heterocycles. The van der Waals surface area contributed by atoms with Crippen molar-refractivity contribution in [3.05, 3.63) is 75.6 Å². The Morgan fingerprint density at radius 2 is 1.38 bits per heavy atom. The van der Waals surface area contributed by atoms with Crippen LogP contribution >= 0.6 is 0 Å². The van der Waals surface area contributed by atoms with Crippen LogP contribution in [0.3, 0.4) is 0 Å². The third kappa shape index (κ3) is 3.68. The smallest absolute Gasteiger partial charge is 0.342 e. The molecule has 8 heteroatoms. The molecule has 0 aliphatic carbocycles. The Hall–Kier alpha value is -4.07. The highest BCUT2D eigenvalue weighted by Crippen LogP contribution is 2.32. The molecule has 0 fully saturated rings. The standard InChI is InChI=1S/C21H19N3O5/c1-11-3-7-13(8-4-11)24(2)14-9-5-12(6-10-14)15-16(20(26)27)18(22)23-19(25)17(15)21(28)29/h3-10H,1-2H3,(H,26,27)(H,28,29)(H3,22,23,25). The van der Waals surface area contributed by atoms with E-state index >= 15 is 0 Å². The highest BCUT2D eigenvalue weighted by Gasteiger charge is 2.26. The van der Waals surface area contributed by atoms with E-state index in [1.807, 2.05) is 43.1 Å². The first-order valence-electron chi connectivity index (χ1n) is 8.64. The fourth-order valence-electron chi connectivity index (χ4n) is 3.10. The van der Waals surface area contributed by atoms with Crippen molar-refractivity contribution in [3.63, 3.8) is 0 Å². The second-order valence-electron chi connectivity index (χ2n) is 6.54. The number of carboxylic acids is 2. The Morgan fingerprint density at radius 3 is 1.86 bits per heavy atom. The van der Waals surface area contributed by atoms with Crippen LogP contribution in [0.25, 0.3) is 11.1 Å². The van der Waals surface area contributed by atoms with Crippen LogP contribution in [0.1, 0.15) is 26.3 Å². The monoisotopic (exact) mass is 393 g/mol. The molecule has 0 atom stereocenters. The summed E-state index contributed by atoms with van der Waals surface area (Å²) in [6.07, 6.45) is 0. The largest absolute Gasteiger partial charge is 0.478 e. The van der Waals surface area contributed by atoms with Gasteiger partial charge in [-0.2, -0.15) is 0 Å². The first-order valence-corrected chi connectivity index (χ1v) is 8.64. The molecule has 0 saturated heterocycles. The number of pyridine rings is 1. The van der Waals surface area contributed by atoms with E-state index in [-0.39, 0.29) is 11.1 Å². The zero-order chi connectivity index (χ0) is 21.3. The first-order chi connectivity index (χ1) is 13.7. The number of nitrogens with zero attached hydrogens (tertiary/aromatic N) is 1. The number of nitrogen functional groups attached to an aromatic ring is 1. The fraction of sp³-hybridized carbons (Fsp3) is 0.0952. The van der Waals surface area contributed by atoms with E-state index < -0.39 is 34.4 Å². The molecule has 3 aromatic rings. The predicted octanol–water partition coefficient (Wildman–Crippen LogP) is 3.10. The average molecular weight is 393 g/mol. The fourth-order valence-corrected chi connectivity index (χ4v) is 3.10. The zero-order valence-corrected chi connectivity index (χ0v) is 15.8. The number of H-pyrrole nitrogens is 1. The Kier molecular flexibility index (Phi) is 5.10. The molecule has 0 saturated carbocycles. The number of hydrogen-bond donors (Lipinski definition) is 4. The van der Waals surface area contributed by atoms with Crippen molar-refractivity contribution in [1.82, 2.24) is 4.98 Å². The molecule has 1 heterocycles. The number of rotatable bonds is 5. The van der Waals surface area contributed by atoms with Gasteiger partial charge in [0, 0.05) is 24.0 Å². The zero-order valence-electron chi connectivity index (χ0n) is 15.8. The highest BCUT2D eigenvalue weighted by molar-refractivity contribution is 6.07. The van der Waals surface area contributed by atoms with Gasteiger partial charge in [-0.15, -0.1) is 0 Å². The normalized spacial score (nSPS) is 10.6. The van der Waals surface area contributed by atoms with Crippen molar-refractivity contribution in [2.24, 2.45) is 0 Å². The third-order valence-electron chi connectivity index (χ3n) is 4.64. The summed E-state index contributed by atoms with van der Waals surface area (Å²) in [4.78, 5) is 39.4. The highest BCUT2D eigenvalue weighted by atomic mass is 16.4. The maximum Gasteiger partial charge on any atom is 0.342 e. The molecule has 0 aliphatic rings. The van der Waals surface area contributed by atoms with E-state index in [0.29, 0.717) is 0 Å². The first kappa shape index (κ1) is 19.7. The minimum absolute atomic E-state index is 0.226. The summed E-state index contributed by atoms with van der Waals surface area (Å²) in [6, 6.07) is 14.4. The maximum absolute atomic E-state index is 12.1. The number of nitrogens with two attached hydrogens (primary N) is 1. The number of aromatic carboxylic acids is 2. The number of hydrogen-bond acceptors (Lipinski definition) is 5. The van der Waals surface area contributed by atoms with Crippen LogP contribution in [0.5, 0.6) is 0 Å². The van der Waals surface area contributed by atoms with E-state index in [9.17, 15) is 24.6 Å². The third-order valence-corrected chi connectivity index (χ3v) is 4.64. The van der Waals surface area contributed by atoms with Crippen LogP contribution in [-0.4, -0.2) is 34.2 Å². The number of aromatic nitrogens is 1. The predicted molar refractivity (Wildman–Crippen MR) is 110 cm³/mol. The van der Waals surface area contributed by atoms with Gasteiger partial charge in [-0.3, -0.25) is 4.79 Å². The van der Waals surface area contributed by atoms with Gasteiger partial charge in [-0.25, -0.2) is 9.59 Å². The summed E-state index contributed by atoms with van der Waals surface area (Å²) in [5, 5.41) is 19.0. The van der Waals surface area contributed by atoms with Crippen LogP contribution in [0.4, 0.5) is 17.2 Å². The molecule has 0 amide bonds. The quantitative estimate of drug-likeness (QED) is 0.523. The summed E-state index contributed by atoms with van der Waals surface area (Å²) in [6.45, 7) is 1.99. The van der Waals surface area contributed by atoms with Gasteiger partial charge in [0.05, 0.1) is 0 Å².